The molecule has 0 bridgehead atoms. The van der Waals surface area contributed by atoms with Crippen molar-refractivity contribution < 1.29 is 35.5 Å². The van der Waals surface area contributed by atoms with Gasteiger partial charge in [-0.15, -0.1) is 0 Å². The zero-order chi connectivity index (χ0) is 25.1. The molecule has 0 aromatic rings. The molecule has 0 rings (SSSR count). The molecule has 0 aliphatic carbocycles. The molecule has 0 spiro atoms. The SMILES string of the molecule is C[Si](C)(C)O[Si](C)(C)O[Si](C)(C)O[Si](C)(C)O[Si](C)(C)CCCOCCOCCOC=O. The van der Waals surface area contributed by atoms with Crippen molar-refractivity contribution in [1.29, 1.82) is 0 Å². The Kier molecular flexibility index (Phi) is 14.2. The molecule has 0 amide bonds. The molecule has 0 radical (unpaired) electrons. The maximum atomic E-state index is 10.0. The molecule has 0 N–H and O–H groups in total. The summed E-state index contributed by atoms with van der Waals surface area (Å²) >= 11 is 0. The molecule has 0 fully saturated rings. The van der Waals surface area contributed by atoms with E-state index in [2.05, 4.69) is 76.8 Å². The third-order valence-corrected chi connectivity index (χ3v) is 21.9. The Morgan fingerprint density at radius 1 is 0.562 bits per heavy atom. The lowest BCUT2D eigenvalue weighted by Crippen LogP contribution is -2.58. The molecule has 0 aromatic heterocycles. The lowest BCUT2D eigenvalue weighted by molar-refractivity contribution is -0.130. The average molecular weight is 545 g/mol. The van der Waals surface area contributed by atoms with E-state index in [9.17, 15) is 4.79 Å². The topological polar surface area (TPSA) is 81.7 Å². The summed E-state index contributed by atoms with van der Waals surface area (Å²) in [6.07, 6.45) is 0.944. The van der Waals surface area contributed by atoms with E-state index in [0.29, 0.717) is 32.9 Å². The first kappa shape index (κ1) is 32.3. The van der Waals surface area contributed by atoms with Gasteiger partial charge in [-0.2, -0.15) is 0 Å². The first-order chi connectivity index (χ1) is 14.4. The van der Waals surface area contributed by atoms with Gasteiger partial charge in [-0.25, -0.2) is 0 Å². The van der Waals surface area contributed by atoms with Crippen LogP contribution in [-0.4, -0.2) is 81.8 Å². The van der Waals surface area contributed by atoms with E-state index in [1.165, 1.54) is 0 Å². The molecule has 0 aromatic carbocycles. The van der Waals surface area contributed by atoms with Crippen molar-refractivity contribution in [3.8, 4) is 0 Å². The summed E-state index contributed by atoms with van der Waals surface area (Å²) in [6.45, 7) is 26.5. The fraction of sp³-hybridized carbons (Fsp3) is 0.947. The lowest BCUT2D eigenvalue weighted by atomic mass is 10.5. The van der Waals surface area contributed by atoms with Crippen molar-refractivity contribution in [2.75, 3.05) is 33.0 Å². The smallest absolute Gasteiger partial charge is 0.314 e. The normalized spacial score (nSPS) is 14.0. The van der Waals surface area contributed by atoms with Crippen molar-refractivity contribution in [1.82, 2.24) is 0 Å². The van der Waals surface area contributed by atoms with Crippen LogP contribution in [0.2, 0.25) is 78.1 Å². The van der Waals surface area contributed by atoms with Gasteiger partial charge in [0.15, 0.2) is 16.6 Å². The van der Waals surface area contributed by atoms with Crippen LogP contribution in [-0.2, 0) is 35.5 Å². The first-order valence-electron chi connectivity index (χ1n) is 11.4. The van der Waals surface area contributed by atoms with Gasteiger partial charge in [-0.3, -0.25) is 4.79 Å². The fourth-order valence-electron chi connectivity index (χ4n) is 3.78. The minimum atomic E-state index is -2.39. The van der Waals surface area contributed by atoms with Crippen LogP contribution in [0.4, 0.5) is 0 Å². The molecule has 0 saturated heterocycles. The molecular formula is C19H48O8Si5. The third kappa shape index (κ3) is 18.7. The average Bonchev–Trinajstić information content (AvgIpc) is 2.50. The van der Waals surface area contributed by atoms with E-state index >= 15 is 0 Å². The van der Waals surface area contributed by atoms with Gasteiger partial charge in [0.05, 0.1) is 19.8 Å². The fourth-order valence-corrected chi connectivity index (χ4v) is 27.5. The number of hydrogen-bond donors (Lipinski definition) is 0. The van der Waals surface area contributed by atoms with Gasteiger partial charge in [-0.05, 0) is 84.5 Å². The van der Waals surface area contributed by atoms with Gasteiger partial charge >= 0.3 is 25.7 Å². The van der Waals surface area contributed by atoms with Crippen LogP contribution in [0.5, 0.6) is 0 Å². The zero-order valence-corrected chi connectivity index (χ0v) is 27.3. The summed E-state index contributed by atoms with van der Waals surface area (Å²) in [7, 11) is -10.6. The van der Waals surface area contributed by atoms with Crippen molar-refractivity contribution >= 4 is 48.8 Å². The predicted octanol–water partition coefficient (Wildman–Crippen LogP) is 4.79. The highest BCUT2D eigenvalue weighted by Gasteiger charge is 2.45. The largest absolute Gasteiger partial charge is 0.465 e. The summed E-state index contributed by atoms with van der Waals surface area (Å²) in [5.74, 6) is 0. The minimum absolute atomic E-state index is 0.276. The van der Waals surface area contributed by atoms with Crippen LogP contribution in [0.25, 0.3) is 0 Å². The molecule has 0 aliphatic rings. The Bertz CT molecular complexity index is 538. The predicted molar refractivity (Wildman–Crippen MR) is 141 cm³/mol. The highest BCUT2D eigenvalue weighted by Crippen LogP contribution is 2.27. The highest BCUT2D eigenvalue weighted by atomic mass is 28.5. The lowest BCUT2D eigenvalue weighted by Gasteiger charge is -2.42. The molecule has 0 atom stereocenters. The number of hydrogen-bond acceptors (Lipinski definition) is 8. The Morgan fingerprint density at radius 3 is 1.50 bits per heavy atom. The van der Waals surface area contributed by atoms with Crippen LogP contribution in [0.3, 0.4) is 0 Å². The highest BCUT2D eigenvalue weighted by molar-refractivity contribution is 6.90. The van der Waals surface area contributed by atoms with E-state index in [1.54, 1.807) is 0 Å². The molecular weight excluding hydrogens is 497 g/mol. The maximum absolute atomic E-state index is 10.0. The molecule has 0 unspecified atom stereocenters. The second-order valence-electron chi connectivity index (χ2n) is 10.8. The van der Waals surface area contributed by atoms with Crippen LogP contribution >= 0.6 is 0 Å². The molecule has 13 heteroatoms. The van der Waals surface area contributed by atoms with Gasteiger partial charge in [0, 0.05) is 6.61 Å². The van der Waals surface area contributed by atoms with Gasteiger partial charge in [0.1, 0.15) is 6.61 Å². The van der Waals surface area contributed by atoms with Crippen molar-refractivity contribution in [3.63, 3.8) is 0 Å². The van der Waals surface area contributed by atoms with Gasteiger partial charge < -0.3 is 30.7 Å². The first-order valence-corrected chi connectivity index (χ1v) is 26.4. The summed E-state index contributed by atoms with van der Waals surface area (Å²) in [4.78, 5) is 10.0. The van der Waals surface area contributed by atoms with Crippen LogP contribution < -0.4 is 0 Å². The summed E-state index contributed by atoms with van der Waals surface area (Å²) < 4.78 is 41.5. The monoisotopic (exact) mass is 544 g/mol. The summed E-state index contributed by atoms with van der Waals surface area (Å²) in [5.41, 5.74) is 0. The van der Waals surface area contributed by atoms with Crippen LogP contribution in [0, 0.1) is 0 Å². The standard InChI is InChI=1S/C19H48O8Si5/c1-28(2,3)24-30(6,7)26-32(10,11)27-31(8,9)25-29(4,5)18-12-13-21-14-15-22-16-17-23-19-20/h19H,12-18H2,1-11H3. The Hall–Kier alpha value is 0.314. The van der Waals surface area contributed by atoms with E-state index in [1.807, 2.05) is 0 Å². The molecule has 192 valence electrons. The summed E-state index contributed by atoms with van der Waals surface area (Å²) in [5, 5.41) is 0. The molecule has 32 heavy (non-hydrogen) atoms. The maximum Gasteiger partial charge on any atom is 0.314 e. The minimum Gasteiger partial charge on any atom is -0.465 e. The Balaban J connectivity index is 4.39. The second kappa shape index (κ2) is 14.0. The Morgan fingerprint density at radius 2 is 1.00 bits per heavy atom. The van der Waals surface area contributed by atoms with Gasteiger partial charge in [0.2, 0.25) is 0 Å². The van der Waals surface area contributed by atoms with Gasteiger partial charge in [0.25, 0.3) is 6.47 Å². The van der Waals surface area contributed by atoms with Crippen LogP contribution in [0.1, 0.15) is 6.42 Å². The van der Waals surface area contributed by atoms with E-state index in [0.717, 1.165) is 12.5 Å². The van der Waals surface area contributed by atoms with Crippen molar-refractivity contribution in [3.05, 3.63) is 0 Å². The number of ether oxygens (including phenoxy) is 3. The van der Waals surface area contributed by atoms with Crippen molar-refractivity contribution in [2.24, 2.45) is 0 Å². The molecule has 8 nitrogen and oxygen atoms in total. The van der Waals surface area contributed by atoms with E-state index < -0.39 is 42.3 Å². The molecule has 0 heterocycles. The van der Waals surface area contributed by atoms with Crippen LogP contribution in [0.15, 0.2) is 0 Å². The van der Waals surface area contributed by atoms with E-state index in [4.69, 9.17) is 25.9 Å². The quantitative estimate of drug-likeness (QED) is 0.130. The van der Waals surface area contributed by atoms with E-state index in [-0.39, 0.29) is 6.61 Å². The molecule has 0 aliphatic heterocycles. The summed E-state index contributed by atoms with van der Waals surface area (Å²) in [6, 6.07) is 1.00. The zero-order valence-electron chi connectivity index (χ0n) is 22.3. The number of rotatable bonds is 19. The van der Waals surface area contributed by atoms with Gasteiger partial charge in [-0.1, -0.05) is 0 Å². The Labute approximate surface area is 201 Å². The number of carbonyl (C=O) groups is 1. The third-order valence-electron chi connectivity index (χ3n) is 3.91. The second-order valence-corrected chi connectivity index (χ2v) is 30.7. The molecule has 0 saturated carbocycles. The van der Waals surface area contributed by atoms with Crippen molar-refractivity contribution in [2.45, 2.75) is 84.5 Å². The number of carbonyl (C=O) groups excluding carboxylic acids is 1.